The molecule has 0 aliphatic carbocycles. The summed E-state index contributed by atoms with van der Waals surface area (Å²) in [5.74, 6) is -0.0862. The van der Waals surface area contributed by atoms with E-state index in [-0.39, 0.29) is 17.8 Å². The zero-order chi connectivity index (χ0) is 11.1. The van der Waals surface area contributed by atoms with Gasteiger partial charge in [-0.2, -0.15) is 5.10 Å². The second kappa shape index (κ2) is 6.10. The Morgan fingerprint density at radius 2 is 2.47 bits per heavy atom. The third-order valence-corrected chi connectivity index (χ3v) is 1.66. The highest BCUT2D eigenvalue weighted by Gasteiger charge is 2.06. The maximum Gasteiger partial charge on any atom is 0.288 e. The molecule has 0 saturated heterocycles. The predicted octanol–water partition coefficient (Wildman–Crippen LogP) is -1.50. The van der Waals surface area contributed by atoms with Gasteiger partial charge in [0.1, 0.15) is 6.33 Å². The molecule has 0 bridgehead atoms. The molecule has 0 fully saturated rings. The minimum atomic E-state index is -0.380. The zero-order valence-electron chi connectivity index (χ0n) is 8.53. The number of aliphatic hydroxyl groups is 1. The van der Waals surface area contributed by atoms with Crippen LogP contribution in [0.1, 0.15) is 17.5 Å². The molecule has 1 amide bonds. The van der Waals surface area contributed by atoms with Gasteiger partial charge in [-0.15, -0.1) is 0 Å². The first kappa shape index (κ1) is 11.6. The maximum absolute atomic E-state index is 11.3. The van der Waals surface area contributed by atoms with Crippen LogP contribution in [0.25, 0.3) is 0 Å². The van der Waals surface area contributed by atoms with E-state index in [0.29, 0.717) is 19.6 Å². The third-order valence-electron chi connectivity index (χ3n) is 1.66. The van der Waals surface area contributed by atoms with Gasteiger partial charge in [-0.3, -0.25) is 9.89 Å². The molecule has 1 heterocycles. The fraction of sp³-hybridized carbons (Fsp3) is 0.625. The Morgan fingerprint density at radius 1 is 1.67 bits per heavy atom. The summed E-state index contributed by atoms with van der Waals surface area (Å²) in [7, 11) is 0. The van der Waals surface area contributed by atoms with Crippen molar-refractivity contribution < 1.29 is 9.90 Å². The van der Waals surface area contributed by atoms with Crippen LogP contribution in [-0.4, -0.2) is 51.9 Å². The van der Waals surface area contributed by atoms with Crippen molar-refractivity contribution in [3.63, 3.8) is 0 Å². The summed E-state index contributed by atoms with van der Waals surface area (Å²) in [5, 5.41) is 20.6. The van der Waals surface area contributed by atoms with E-state index in [1.165, 1.54) is 6.33 Å². The van der Waals surface area contributed by atoms with Crippen molar-refractivity contribution in [1.82, 2.24) is 25.8 Å². The highest BCUT2D eigenvalue weighted by molar-refractivity contribution is 5.90. The summed E-state index contributed by atoms with van der Waals surface area (Å²) in [4.78, 5) is 15.0. The molecule has 7 heteroatoms. The van der Waals surface area contributed by atoms with Gasteiger partial charge in [0.05, 0.1) is 6.10 Å². The maximum atomic E-state index is 11.3. The molecule has 4 N–H and O–H groups in total. The minimum Gasteiger partial charge on any atom is -0.392 e. The summed E-state index contributed by atoms with van der Waals surface area (Å²) < 4.78 is 0. The van der Waals surface area contributed by atoms with Gasteiger partial charge in [0, 0.05) is 19.6 Å². The number of amides is 1. The van der Waals surface area contributed by atoms with Crippen LogP contribution in [0.15, 0.2) is 6.33 Å². The lowest BCUT2D eigenvalue weighted by atomic mass is 10.4. The summed E-state index contributed by atoms with van der Waals surface area (Å²) in [6.45, 7) is 3.29. The van der Waals surface area contributed by atoms with Crippen LogP contribution in [0.3, 0.4) is 0 Å². The monoisotopic (exact) mass is 213 g/mol. The van der Waals surface area contributed by atoms with Crippen LogP contribution in [-0.2, 0) is 0 Å². The van der Waals surface area contributed by atoms with Gasteiger partial charge in [-0.1, -0.05) is 0 Å². The summed E-state index contributed by atoms with van der Waals surface area (Å²) >= 11 is 0. The summed E-state index contributed by atoms with van der Waals surface area (Å²) in [6.07, 6.45) is 0.899. The van der Waals surface area contributed by atoms with Gasteiger partial charge < -0.3 is 15.7 Å². The van der Waals surface area contributed by atoms with E-state index in [1.54, 1.807) is 6.92 Å². The van der Waals surface area contributed by atoms with Gasteiger partial charge >= 0.3 is 0 Å². The number of aromatic nitrogens is 3. The third kappa shape index (κ3) is 4.52. The molecule has 0 radical (unpaired) electrons. The molecule has 0 spiro atoms. The number of nitrogens with one attached hydrogen (secondary N) is 3. The Labute approximate surface area is 87.3 Å². The highest BCUT2D eigenvalue weighted by Crippen LogP contribution is 1.83. The first-order valence-electron chi connectivity index (χ1n) is 4.72. The molecule has 1 rings (SSSR count). The molecule has 0 aliphatic heterocycles. The number of rotatable bonds is 6. The summed E-state index contributed by atoms with van der Waals surface area (Å²) in [6, 6.07) is 0. The van der Waals surface area contributed by atoms with E-state index >= 15 is 0 Å². The predicted molar refractivity (Wildman–Crippen MR) is 53.3 cm³/mol. The Hall–Kier alpha value is -1.47. The van der Waals surface area contributed by atoms with Crippen LogP contribution in [0, 0.1) is 0 Å². The number of nitrogens with zero attached hydrogens (tertiary/aromatic N) is 2. The SMILES string of the molecule is CC(O)CNCCNC(=O)c1ncn[nH]1. The number of carbonyl (C=O) groups is 1. The Balaban J connectivity index is 2.08. The lowest BCUT2D eigenvalue weighted by Gasteiger charge is -2.06. The van der Waals surface area contributed by atoms with E-state index < -0.39 is 0 Å². The topological polar surface area (TPSA) is 103 Å². The van der Waals surface area contributed by atoms with Gasteiger partial charge in [-0.25, -0.2) is 4.98 Å². The van der Waals surface area contributed by atoms with Crippen molar-refractivity contribution in [3.05, 3.63) is 12.2 Å². The normalized spacial score (nSPS) is 12.4. The van der Waals surface area contributed by atoms with Crippen molar-refractivity contribution in [1.29, 1.82) is 0 Å². The number of hydrogen-bond donors (Lipinski definition) is 4. The van der Waals surface area contributed by atoms with Gasteiger partial charge in [0.15, 0.2) is 0 Å². The number of hydrogen-bond acceptors (Lipinski definition) is 5. The molecule has 0 aromatic carbocycles. The molecule has 0 saturated carbocycles. The zero-order valence-corrected chi connectivity index (χ0v) is 8.53. The van der Waals surface area contributed by atoms with Crippen molar-refractivity contribution in [2.45, 2.75) is 13.0 Å². The van der Waals surface area contributed by atoms with E-state index in [2.05, 4.69) is 25.8 Å². The standard InChI is InChI=1S/C8H15N5O2/c1-6(14)4-9-2-3-10-8(15)7-11-5-12-13-7/h5-6,9,14H,2-4H2,1H3,(H,10,15)(H,11,12,13). The molecule has 1 aromatic heterocycles. The molecular formula is C8H15N5O2. The first-order chi connectivity index (χ1) is 7.20. The van der Waals surface area contributed by atoms with Gasteiger partial charge in [-0.05, 0) is 6.92 Å². The molecule has 1 aromatic rings. The molecule has 1 atom stereocenters. The number of H-pyrrole nitrogens is 1. The van der Waals surface area contributed by atoms with Crippen LogP contribution in [0.5, 0.6) is 0 Å². The Morgan fingerprint density at radius 3 is 3.07 bits per heavy atom. The van der Waals surface area contributed by atoms with E-state index in [1.807, 2.05) is 0 Å². The van der Waals surface area contributed by atoms with E-state index in [4.69, 9.17) is 5.11 Å². The molecular weight excluding hydrogens is 198 g/mol. The van der Waals surface area contributed by atoms with Gasteiger partial charge in [0.2, 0.25) is 5.82 Å². The van der Waals surface area contributed by atoms with E-state index in [0.717, 1.165) is 0 Å². The van der Waals surface area contributed by atoms with Crippen molar-refractivity contribution in [2.24, 2.45) is 0 Å². The average molecular weight is 213 g/mol. The Bertz CT molecular complexity index is 285. The fourth-order valence-corrected chi connectivity index (χ4v) is 0.974. The summed E-state index contributed by atoms with van der Waals surface area (Å²) in [5.41, 5.74) is 0. The molecule has 0 aliphatic rings. The lowest BCUT2D eigenvalue weighted by molar-refractivity contribution is 0.0943. The highest BCUT2D eigenvalue weighted by atomic mass is 16.3. The minimum absolute atomic E-state index is 0.200. The second-order valence-corrected chi connectivity index (χ2v) is 3.14. The smallest absolute Gasteiger partial charge is 0.288 e. The number of carbonyl (C=O) groups excluding carboxylic acids is 1. The van der Waals surface area contributed by atoms with E-state index in [9.17, 15) is 4.79 Å². The van der Waals surface area contributed by atoms with Crippen molar-refractivity contribution >= 4 is 5.91 Å². The van der Waals surface area contributed by atoms with Gasteiger partial charge in [0.25, 0.3) is 5.91 Å². The molecule has 7 nitrogen and oxygen atoms in total. The molecule has 84 valence electrons. The number of aromatic amines is 1. The first-order valence-corrected chi connectivity index (χ1v) is 4.72. The van der Waals surface area contributed by atoms with Crippen LogP contribution in [0.2, 0.25) is 0 Å². The molecule has 15 heavy (non-hydrogen) atoms. The Kier molecular flexibility index (Phi) is 4.72. The molecule has 1 unspecified atom stereocenters. The van der Waals surface area contributed by atoms with Crippen molar-refractivity contribution in [3.8, 4) is 0 Å². The van der Waals surface area contributed by atoms with Crippen LogP contribution < -0.4 is 10.6 Å². The quantitative estimate of drug-likeness (QED) is 0.431. The second-order valence-electron chi connectivity index (χ2n) is 3.14. The van der Waals surface area contributed by atoms with Crippen LogP contribution in [0.4, 0.5) is 0 Å². The average Bonchev–Trinajstić information content (AvgIpc) is 2.69. The largest absolute Gasteiger partial charge is 0.392 e. The fourth-order valence-electron chi connectivity index (χ4n) is 0.974. The van der Waals surface area contributed by atoms with Crippen LogP contribution >= 0.6 is 0 Å². The van der Waals surface area contributed by atoms with Crippen molar-refractivity contribution in [2.75, 3.05) is 19.6 Å². The number of aliphatic hydroxyl groups excluding tert-OH is 1. The lowest BCUT2D eigenvalue weighted by Crippen LogP contribution is -2.34.